The second kappa shape index (κ2) is 10.3. The Morgan fingerprint density at radius 2 is 1.86 bits per heavy atom. The van der Waals surface area contributed by atoms with Crippen LogP contribution in [0.2, 0.25) is 0 Å². The molecule has 1 aromatic heterocycles. The number of benzene rings is 1. The van der Waals surface area contributed by atoms with E-state index in [1.165, 1.54) is 32.7 Å². The number of carbonyl (C=O) groups excluding carboxylic acids is 1. The molecule has 1 unspecified atom stereocenters. The van der Waals surface area contributed by atoms with Gasteiger partial charge in [0, 0.05) is 28.5 Å². The number of carbonyl (C=O) groups is 1. The van der Waals surface area contributed by atoms with E-state index in [1.807, 2.05) is 0 Å². The summed E-state index contributed by atoms with van der Waals surface area (Å²) in [5.74, 6) is 0.700. The normalized spacial score (nSPS) is 19.2. The molecule has 1 aromatic carbocycles. The number of hydrogen-bond donors (Lipinski definition) is 1. The molecule has 0 radical (unpaired) electrons. The molecule has 0 saturated heterocycles. The van der Waals surface area contributed by atoms with Gasteiger partial charge in [0.05, 0.1) is 38.9 Å². The number of methoxy groups -OCH3 is 3. The monoisotopic (exact) mass is 541 g/mol. The largest absolute Gasteiger partial charge is 0.493 e. The van der Waals surface area contributed by atoms with E-state index in [2.05, 4.69) is 44.0 Å². The van der Waals surface area contributed by atoms with Gasteiger partial charge in [0.15, 0.2) is 21.6 Å². The second-order valence-electron chi connectivity index (χ2n) is 9.92. The summed E-state index contributed by atoms with van der Waals surface area (Å²) >= 11 is 2.99. The number of anilines is 1. The van der Waals surface area contributed by atoms with Crippen LogP contribution in [-0.4, -0.2) is 42.6 Å². The minimum absolute atomic E-state index is 0.0420. The third kappa shape index (κ3) is 4.76. The van der Waals surface area contributed by atoms with Crippen LogP contribution >= 0.6 is 23.1 Å². The summed E-state index contributed by atoms with van der Waals surface area (Å²) in [4.78, 5) is 15.6. The zero-order valence-electron chi connectivity index (χ0n) is 22.0. The number of nitrogens with zero attached hydrogens (tertiary/aromatic N) is 4. The number of ketones is 1. The number of nitrogens with two attached hydrogens (primary N) is 1. The molecule has 0 fully saturated rings. The zero-order valence-corrected chi connectivity index (χ0v) is 23.7. The molecule has 2 aromatic rings. The van der Waals surface area contributed by atoms with Crippen LogP contribution in [0.25, 0.3) is 0 Å². The molecule has 0 amide bonds. The fourth-order valence-corrected chi connectivity index (χ4v) is 7.04. The molecule has 0 bridgehead atoms. The van der Waals surface area contributed by atoms with Gasteiger partial charge in [-0.15, -0.1) is 10.2 Å². The summed E-state index contributed by atoms with van der Waals surface area (Å²) in [6, 6.07) is 5.82. The van der Waals surface area contributed by atoms with Gasteiger partial charge in [-0.2, -0.15) is 5.26 Å². The summed E-state index contributed by atoms with van der Waals surface area (Å²) in [5, 5.41) is 20.0. The predicted molar refractivity (Wildman–Crippen MR) is 144 cm³/mol. The Balaban J connectivity index is 1.99. The quantitative estimate of drug-likeness (QED) is 0.479. The number of ether oxygens (including phenoxy) is 3. The molecule has 2 N–H and O–H groups in total. The van der Waals surface area contributed by atoms with E-state index in [0.29, 0.717) is 51.6 Å². The first kappa shape index (κ1) is 26.8. The van der Waals surface area contributed by atoms with Gasteiger partial charge in [-0.3, -0.25) is 9.69 Å². The van der Waals surface area contributed by atoms with E-state index in [9.17, 15) is 10.1 Å². The highest BCUT2D eigenvalue weighted by Crippen LogP contribution is 2.54. The fraction of sp³-hybridized carbons (Fsp3) is 0.462. The first-order valence-corrected chi connectivity index (χ1v) is 13.5. The average Bonchev–Trinajstić information content (AvgIpc) is 3.28. The predicted octanol–water partition coefficient (Wildman–Crippen LogP) is 5.01. The van der Waals surface area contributed by atoms with Gasteiger partial charge in [0.1, 0.15) is 5.82 Å². The van der Waals surface area contributed by atoms with Crippen molar-refractivity contribution in [2.75, 3.05) is 26.2 Å². The van der Waals surface area contributed by atoms with Crippen molar-refractivity contribution in [3.05, 3.63) is 40.4 Å². The van der Waals surface area contributed by atoms with Crippen LogP contribution in [0.5, 0.6) is 17.2 Å². The molecule has 0 spiro atoms. The standard InChI is InChI=1S/C26H31N5O4S2/c1-13(2)36-25-30-29-24(37-25)31-16-10-26(3,4)11-17(32)20(16)19(15(12-27)23(31)28)14-8-9-18(33-5)22(35-7)21(14)34-6/h8-9,13,19H,10-11,28H2,1-7H3. The number of hydrogen-bond acceptors (Lipinski definition) is 11. The lowest BCUT2D eigenvalue weighted by atomic mass is 9.68. The minimum Gasteiger partial charge on any atom is -0.493 e. The molecule has 4 rings (SSSR count). The van der Waals surface area contributed by atoms with Crippen LogP contribution < -0.4 is 24.8 Å². The Kier molecular flexibility index (Phi) is 7.44. The van der Waals surface area contributed by atoms with Crippen molar-refractivity contribution < 1.29 is 19.0 Å². The lowest BCUT2D eigenvalue weighted by molar-refractivity contribution is -0.118. The third-order valence-corrected chi connectivity index (χ3v) is 8.35. The van der Waals surface area contributed by atoms with Crippen molar-refractivity contribution in [2.45, 2.75) is 56.0 Å². The van der Waals surface area contributed by atoms with Crippen LogP contribution in [0.3, 0.4) is 0 Å². The average molecular weight is 542 g/mol. The number of nitriles is 1. The summed E-state index contributed by atoms with van der Waals surface area (Å²) in [7, 11) is 4.57. The van der Waals surface area contributed by atoms with E-state index in [1.54, 1.807) is 28.8 Å². The van der Waals surface area contributed by atoms with Crippen molar-refractivity contribution in [3.8, 4) is 23.3 Å². The minimum atomic E-state index is -0.730. The number of allylic oxidation sites excluding steroid dienone is 3. The van der Waals surface area contributed by atoms with Crippen molar-refractivity contribution in [2.24, 2.45) is 11.1 Å². The molecular formula is C26H31N5O4S2. The Bertz CT molecular complexity index is 1340. The van der Waals surface area contributed by atoms with Crippen LogP contribution in [-0.2, 0) is 4.79 Å². The number of aromatic nitrogens is 2. The summed E-state index contributed by atoms with van der Waals surface area (Å²) in [6.07, 6.45) is 0.917. The van der Waals surface area contributed by atoms with Gasteiger partial charge in [0.2, 0.25) is 10.9 Å². The molecule has 37 heavy (non-hydrogen) atoms. The topological polar surface area (TPSA) is 124 Å². The number of Topliss-reactive ketones (excluding diaryl/α,β-unsaturated/α-hetero) is 1. The molecular weight excluding hydrogens is 510 g/mol. The Morgan fingerprint density at radius 1 is 1.16 bits per heavy atom. The van der Waals surface area contributed by atoms with Gasteiger partial charge in [-0.1, -0.05) is 56.9 Å². The lowest BCUT2D eigenvalue weighted by Crippen LogP contribution is -2.42. The van der Waals surface area contributed by atoms with E-state index in [0.717, 1.165) is 10.0 Å². The Labute approximate surface area is 225 Å². The van der Waals surface area contributed by atoms with Crippen molar-refractivity contribution in [1.82, 2.24) is 10.2 Å². The number of rotatable bonds is 7. The maximum absolute atomic E-state index is 13.8. The summed E-state index contributed by atoms with van der Waals surface area (Å²) in [5.41, 5.74) is 8.53. The third-order valence-electron chi connectivity index (χ3n) is 6.35. The van der Waals surface area contributed by atoms with Crippen molar-refractivity contribution >= 4 is 34.0 Å². The second-order valence-corrected chi connectivity index (χ2v) is 12.7. The van der Waals surface area contributed by atoms with E-state index in [4.69, 9.17) is 19.9 Å². The first-order chi connectivity index (χ1) is 17.6. The molecule has 2 heterocycles. The molecule has 196 valence electrons. The van der Waals surface area contributed by atoms with Crippen molar-refractivity contribution in [3.63, 3.8) is 0 Å². The molecule has 2 aliphatic rings. The molecule has 0 saturated carbocycles. The lowest BCUT2D eigenvalue weighted by Gasteiger charge is -2.42. The summed E-state index contributed by atoms with van der Waals surface area (Å²) < 4.78 is 17.6. The zero-order chi connectivity index (χ0) is 27.1. The highest BCUT2D eigenvalue weighted by Gasteiger charge is 2.46. The van der Waals surface area contributed by atoms with Gasteiger partial charge in [-0.25, -0.2) is 0 Å². The fourth-order valence-electron chi connectivity index (χ4n) is 4.93. The van der Waals surface area contributed by atoms with Gasteiger partial charge < -0.3 is 19.9 Å². The Morgan fingerprint density at radius 3 is 2.46 bits per heavy atom. The van der Waals surface area contributed by atoms with Gasteiger partial charge in [0.25, 0.3) is 0 Å². The highest BCUT2D eigenvalue weighted by molar-refractivity contribution is 8.01. The highest BCUT2D eigenvalue weighted by atomic mass is 32.2. The number of thioether (sulfide) groups is 1. The van der Waals surface area contributed by atoms with E-state index < -0.39 is 5.92 Å². The molecule has 11 heteroatoms. The maximum Gasteiger partial charge on any atom is 0.219 e. The van der Waals surface area contributed by atoms with Crippen LogP contribution in [0.15, 0.2) is 39.1 Å². The first-order valence-electron chi connectivity index (χ1n) is 11.8. The SMILES string of the molecule is COc1ccc(C2C(C#N)=C(N)N(c3nnc(SC(C)C)s3)C3=C2C(=O)CC(C)(C)C3)c(OC)c1OC. The van der Waals surface area contributed by atoms with Crippen molar-refractivity contribution in [1.29, 1.82) is 5.26 Å². The molecule has 9 nitrogen and oxygen atoms in total. The summed E-state index contributed by atoms with van der Waals surface area (Å²) in [6.45, 7) is 8.27. The Hall–Kier alpha value is -3.23. The molecule has 1 atom stereocenters. The van der Waals surface area contributed by atoms with Crippen LogP contribution in [0.1, 0.15) is 52.0 Å². The molecule has 1 aliphatic heterocycles. The van der Waals surface area contributed by atoms with Crippen LogP contribution in [0, 0.1) is 16.7 Å². The molecule has 1 aliphatic carbocycles. The van der Waals surface area contributed by atoms with E-state index in [-0.39, 0.29) is 22.6 Å². The maximum atomic E-state index is 13.8. The smallest absolute Gasteiger partial charge is 0.219 e. The van der Waals surface area contributed by atoms with Gasteiger partial charge in [-0.05, 0) is 17.9 Å². The van der Waals surface area contributed by atoms with E-state index >= 15 is 0 Å². The van der Waals surface area contributed by atoms with Gasteiger partial charge >= 0.3 is 0 Å². The van der Waals surface area contributed by atoms with Crippen LogP contribution in [0.4, 0.5) is 5.13 Å².